The van der Waals surface area contributed by atoms with E-state index in [0.717, 1.165) is 17.5 Å². The summed E-state index contributed by atoms with van der Waals surface area (Å²) >= 11 is 5.95. The molecule has 0 saturated carbocycles. The van der Waals surface area contributed by atoms with Crippen molar-refractivity contribution in [3.63, 3.8) is 0 Å². The van der Waals surface area contributed by atoms with Gasteiger partial charge in [-0.2, -0.15) is 5.10 Å². The van der Waals surface area contributed by atoms with Gasteiger partial charge in [0.2, 0.25) is 0 Å². The fourth-order valence-electron chi connectivity index (χ4n) is 3.33. The number of carbonyl (C=O) groups excluding carboxylic acids is 2. The fourth-order valence-corrected chi connectivity index (χ4v) is 3.51. The highest BCUT2D eigenvalue weighted by molar-refractivity contribution is 6.31. The predicted octanol–water partition coefficient (Wildman–Crippen LogP) is 2.37. The molecule has 2 amide bonds. The summed E-state index contributed by atoms with van der Waals surface area (Å²) in [5.41, 5.74) is 7.30. The zero-order chi connectivity index (χ0) is 18.3. The van der Waals surface area contributed by atoms with Gasteiger partial charge in [0.05, 0.1) is 17.5 Å². The first-order chi connectivity index (χ1) is 12.5. The van der Waals surface area contributed by atoms with E-state index in [1.165, 1.54) is 6.20 Å². The van der Waals surface area contributed by atoms with E-state index in [9.17, 15) is 9.59 Å². The number of aryl methyl sites for hydroxylation is 1. The number of benzene rings is 1. The number of primary amides is 1. The maximum Gasteiger partial charge on any atom is 0.287 e. The highest BCUT2D eigenvalue weighted by Gasteiger charge is 2.25. The van der Waals surface area contributed by atoms with Crippen LogP contribution in [0.2, 0.25) is 5.02 Å². The lowest BCUT2D eigenvalue weighted by molar-refractivity contribution is 0.0917. The number of fused-ring (bicyclic) bond motifs is 2. The number of rotatable bonds is 4. The molecule has 2 aromatic heterocycles. The van der Waals surface area contributed by atoms with E-state index in [-0.39, 0.29) is 17.6 Å². The molecule has 0 radical (unpaired) electrons. The topological polar surface area (TPSA) is 103 Å². The molecule has 26 heavy (non-hydrogen) atoms. The molecule has 0 aliphatic carbocycles. The Labute approximate surface area is 154 Å². The lowest BCUT2D eigenvalue weighted by Gasteiger charge is -2.24. The van der Waals surface area contributed by atoms with Crippen LogP contribution in [0.25, 0.3) is 11.0 Å². The summed E-state index contributed by atoms with van der Waals surface area (Å²) in [6.45, 7) is 1.19. The van der Waals surface area contributed by atoms with Gasteiger partial charge in [0, 0.05) is 23.5 Å². The molecule has 8 heteroatoms. The maximum atomic E-state index is 12.4. The Balaban J connectivity index is 1.42. The van der Waals surface area contributed by atoms with Gasteiger partial charge in [0.25, 0.3) is 11.8 Å². The number of carbonyl (C=O) groups is 2. The largest absolute Gasteiger partial charge is 0.451 e. The number of aromatic nitrogens is 2. The third-order valence-corrected chi connectivity index (χ3v) is 4.93. The van der Waals surface area contributed by atoms with Crippen molar-refractivity contribution in [2.24, 2.45) is 11.7 Å². The normalized spacial score (nSPS) is 16.4. The van der Waals surface area contributed by atoms with Crippen molar-refractivity contribution in [2.45, 2.75) is 19.4 Å². The van der Waals surface area contributed by atoms with E-state index in [1.54, 1.807) is 28.9 Å². The number of nitrogens with two attached hydrogens (primary N) is 1. The minimum absolute atomic E-state index is 0.208. The first kappa shape index (κ1) is 16.7. The third kappa shape index (κ3) is 3.06. The molecular formula is C18H17ClN4O3. The van der Waals surface area contributed by atoms with Gasteiger partial charge in [0.15, 0.2) is 5.76 Å². The molecule has 4 rings (SSSR count). The average molecular weight is 373 g/mol. The molecule has 1 aliphatic heterocycles. The minimum atomic E-state index is -0.475. The van der Waals surface area contributed by atoms with Gasteiger partial charge in [-0.3, -0.25) is 14.3 Å². The summed E-state index contributed by atoms with van der Waals surface area (Å²) in [5.74, 6) is -0.288. The lowest BCUT2D eigenvalue weighted by atomic mass is 9.94. The number of nitrogens with one attached hydrogen (secondary N) is 1. The van der Waals surface area contributed by atoms with E-state index in [1.807, 2.05) is 0 Å². The molecule has 1 atom stereocenters. The Morgan fingerprint density at radius 2 is 2.23 bits per heavy atom. The molecule has 0 spiro atoms. The van der Waals surface area contributed by atoms with Crippen LogP contribution in [0.4, 0.5) is 0 Å². The van der Waals surface area contributed by atoms with Gasteiger partial charge < -0.3 is 15.5 Å². The van der Waals surface area contributed by atoms with Gasteiger partial charge in [-0.05, 0) is 43.0 Å². The number of hydrogen-bond acceptors (Lipinski definition) is 4. The molecule has 1 aromatic carbocycles. The average Bonchev–Trinajstić information content (AvgIpc) is 3.22. The first-order valence-electron chi connectivity index (χ1n) is 8.33. The van der Waals surface area contributed by atoms with Gasteiger partial charge in [-0.25, -0.2) is 0 Å². The summed E-state index contributed by atoms with van der Waals surface area (Å²) in [7, 11) is 0. The Hall–Kier alpha value is -2.80. The highest BCUT2D eigenvalue weighted by atomic mass is 35.5. The van der Waals surface area contributed by atoms with Gasteiger partial charge in [-0.1, -0.05) is 11.6 Å². The van der Waals surface area contributed by atoms with Crippen molar-refractivity contribution in [1.29, 1.82) is 0 Å². The fraction of sp³-hybridized carbons (Fsp3) is 0.278. The summed E-state index contributed by atoms with van der Waals surface area (Å²) in [6.07, 6.45) is 3.02. The molecule has 3 heterocycles. The predicted molar refractivity (Wildman–Crippen MR) is 96.1 cm³/mol. The van der Waals surface area contributed by atoms with Crippen LogP contribution in [-0.4, -0.2) is 28.1 Å². The van der Waals surface area contributed by atoms with Gasteiger partial charge in [-0.15, -0.1) is 0 Å². The smallest absolute Gasteiger partial charge is 0.287 e. The zero-order valence-corrected chi connectivity index (χ0v) is 14.6. The minimum Gasteiger partial charge on any atom is -0.451 e. The Bertz CT molecular complexity index is 1010. The second-order valence-electron chi connectivity index (χ2n) is 6.45. The van der Waals surface area contributed by atoms with Crippen molar-refractivity contribution in [3.8, 4) is 0 Å². The molecule has 0 fully saturated rings. The Morgan fingerprint density at radius 1 is 1.38 bits per heavy atom. The molecule has 3 aromatic rings. The van der Waals surface area contributed by atoms with Gasteiger partial charge in [0.1, 0.15) is 5.58 Å². The van der Waals surface area contributed by atoms with Crippen molar-refractivity contribution >= 4 is 34.4 Å². The van der Waals surface area contributed by atoms with Gasteiger partial charge >= 0.3 is 0 Å². The van der Waals surface area contributed by atoms with Crippen LogP contribution in [0.15, 0.2) is 34.9 Å². The van der Waals surface area contributed by atoms with Crippen molar-refractivity contribution in [2.75, 3.05) is 6.54 Å². The second-order valence-corrected chi connectivity index (χ2v) is 6.89. The quantitative estimate of drug-likeness (QED) is 0.733. The summed E-state index contributed by atoms with van der Waals surface area (Å²) in [4.78, 5) is 23.9. The van der Waals surface area contributed by atoms with Crippen LogP contribution in [0.1, 0.15) is 33.0 Å². The Morgan fingerprint density at radius 3 is 3.04 bits per heavy atom. The van der Waals surface area contributed by atoms with Crippen molar-refractivity contribution < 1.29 is 14.0 Å². The first-order valence-corrected chi connectivity index (χ1v) is 8.71. The number of amides is 2. The van der Waals surface area contributed by atoms with Crippen LogP contribution in [0, 0.1) is 5.92 Å². The molecule has 1 aliphatic rings. The number of halogens is 1. The summed E-state index contributed by atoms with van der Waals surface area (Å²) in [6, 6.07) is 6.89. The highest BCUT2D eigenvalue weighted by Crippen LogP contribution is 2.24. The maximum absolute atomic E-state index is 12.4. The molecule has 0 unspecified atom stereocenters. The van der Waals surface area contributed by atoms with Crippen LogP contribution < -0.4 is 11.1 Å². The van der Waals surface area contributed by atoms with Crippen LogP contribution in [0.3, 0.4) is 0 Å². The Kier molecular flexibility index (Phi) is 4.16. The third-order valence-electron chi connectivity index (χ3n) is 4.70. The zero-order valence-electron chi connectivity index (χ0n) is 13.9. The molecular weight excluding hydrogens is 356 g/mol. The van der Waals surface area contributed by atoms with E-state index in [0.29, 0.717) is 35.7 Å². The van der Waals surface area contributed by atoms with E-state index >= 15 is 0 Å². The second kappa shape index (κ2) is 6.49. The van der Waals surface area contributed by atoms with Crippen LogP contribution in [0.5, 0.6) is 0 Å². The van der Waals surface area contributed by atoms with Crippen LogP contribution in [-0.2, 0) is 13.0 Å². The molecule has 3 N–H and O–H groups in total. The SMILES string of the molecule is NC(=O)c1cnn2c1C[C@@H](CNC(=O)c1cc3cc(Cl)ccc3o1)CC2. The monoisotopic (exact) mass is 372 g/mol. The number of hydrogen-bond donors (Lipinski definition) is 2. The van der Waals surface area contributed by atoms with Crippen molar-refractivity contribution in [3.05, 3.63) is 52.5 Å². The number of nitrogens with zero attached hydrogens (tertiary/aromatic N) is 2. The molecule has 0 saturated heterocycles. The molecule has 134 valence electrons. The van der Waals surface area contributed by atoms with Crippen LogP contribution >= 0.6 is 11.6 Å². The number of furan rings is 1. The van der Waals surface area contributed by atoms with E-state index < -0.39 is 5.91 Å². The lowest BCUT2D eigenvalue weighted by Crippen LogP contribution is -2.33. The summed E-state index contributed by atoms with van der Waals surface area (Å²) in [5, 5.41) is 8.47. The van der Waals surface area contributed by atoms with Crippen molar-refractivity contribution in [1.82, 2.24) is 15.1 Å². The standard InChI is InChI=1S/C18H17ClN4O3/c19-12-1-2-15-11(6-12)7-16(26-15)18(25)21-8-10-3-4-23-14(5-10)13(9-22-23)17(20)24/h1-2,6-7,9-10H,3-5,8H2,(H2,20,24)(H,21,25)/t10-/m0/s1. The molecule has 7 nitrogen and oxygen atoms in total. The molecule has 0 bridgehead atoms. The van der Waals surface area contributed by atoms with E-state index in [4.69, 9.17) is 21.8 Å². The van der Waals surface area contributed by atoms with E-state index in [2.05, 4.69) is 10.4 Å². The summed E-state index contributed by atoms with van der Waals surface area (Å²) < 4.78 is 7.38.